The van der Waals surface area contributed by atoms with E-state index in [1.54, 1.807) is 0 Å². The second kappa shape index (κ2) is 2.24. The molecule has 0 aromatic rings. The van der Waals surface area contributed by atoms with Crippen LogP contribution in [0.1, 0.15) is 46.5 Å². The van der Waals surface area contributed by atoms with Gasteiger partial charge in [-0.2, -0.15) is 0 Å². The van der Waals surface area contributed by atoms with Crippen LogP contribution < -0.4 is 0 Å². The minimum absolute atomic E-state index is 0.137. The lowest BCUT2D eigenvalue weighted by Gasteiger charge is -2.32. The average molecular weight is 170 g/mol. The van der Waals surface area contributed by atoms with E-state index in [4.69, 9.17) is 0 Å². The number of hydrogen-bond donors (Lipinski definition) is 0. The summed E-state index contributed by atoms with van der Waals surface area (Å²) >= 11 is 0. The van der Waals surface area contributed by atoms with Gasteiger partial charge in [-0.05, 0) is 37.0 Å². The third kappa shape index (κ3) is 1.02. The van der Waals surface area contributed by atoms with Crippen molar-refractivity contribution >= 4 is 0 Å². The van der Waals surface area contributed by atoms with Gasteiger partial charge < -0.3 is 0 Å². The van der Waals surface area contributed by atoms with Gasteiger partial charge in [0.15, 0.2) is 0 Å². The van der Waals surface area contributed by atoms with Crippen molar-refractivity contribution in [3.63, 3.8) is 0 Å². The number of halogens is 1. The summed E-state index contributed by atoms with van der Waals surface area (Å²) in [5, 5.41) is 0. The fourth-order valence-electron chi connectivity index (χ4n) is 3.21. The van der Waals surface area contributed by atoms with Crippen molar-refractivity contribution in [2.45, 2.75) is 52.6 Å². The van der Waals surface area contributed by atoms with Crippen LogP contribution >= 0.6 is 0 Å². The van der Waals surface area contributed by atoms with Gasteiger partial charge in [-0.3, -0.25) is 0 Å². The van der Waals surface area contributed by atoms with E-state index in [1.807, 2.05) is 0 Å². The second-order valence-corrected chi connectivity index (χ2v) is 5.70. The monoisotopic (exact) mass is 170 g/mol. The molecule has 0 heterocycles. The molecule has 2 aliphatic rings. The van der Waals surface area contributed by atoms with Crippen LogP contribution in [0, 0.1) is 16.7 Å². The SMILES string of the molecule is CC(C)(C)C1CCC(F)C12CC2. The second-order valence-electron chi connectivity index (χ2n) is 5.70. The highest BCUT2D eigenvalue weighted by Gasteiger charge is 2.61. The molecule has 2 rings (SSSR count). The lowest BCUT2D eigenvalue weighted by Crippen LogP contribution is -2.28. The Bertz CT molecular complexity index is 186. The molecule has 0 nitrogen and oxygen atoms in total. The molecule has 2 saturated carbocycles. The predicted octanol–water partition coefficient (Wildman–Crippen LogP) is 3.56. The molecule has 1 heteroatoms. The van der Waals surface area contributed by atoms with Crippen molar-refractivity contribution in [3.8, 4) is 0 Å². The molecule has 70 valence electrons. The molecular weight excluding hydrogens is 151 g/mol. The first-order valence-corrected chi connectivity index (χ1v) is 5.11. The van der Waals surface area contributed by atoms with Crippen molar-refractivity contribution in [1.29, 1.82) is 0 Å². The van der Waals surface area contributed by atoms with Gasteiger partial charge in [-0.15, -0.1) is 0 Å². The molecule has 2 aliphatic carbocycles. The van der Waals surface area contributed by atoms with Crippen LogP contribution in [0.5, 0.6) is 0 Å². The number of rotatable bonds is 0. The van der Waals surface area contributed by atoms with Crippen LogP contribution in [0.25, 0.3) is 0 Å². The quantitative estimate of drug-likeness (QED) is 0.521. The lowest BCUT2D eigenvalue weighted by atomic mass is 9.73. The summed E-state index contributed by atoms with van der Waals surface area (Å²) < 4.78 is 13.5. The summed E-state index contributed by atoms with van der Waals surface area (Å²) in [5.74, 6) is 0.639. The Kier molecular flexibility index (Phi) is 1.59. The molecule has 2 atom stereocenters. The van der Waals surface area contributed by atoms with Gasteiger partial charge >= 0.3 is 0 Å². The molecule has 0 amide bonds. The van der Waals surface area contributed by atoms with Crippen LogP contribution in [0.3, 0.4) is 0 Å². The molecule has 0 radical (unpaired) electrons. The van der Waals surface area contributed by atoms with E-state index in [-0.39, 0.29) is 5.41 Å². The number of alkyl halides is 1. The summed E-state index contributed by atoms with van der Waals surface area (Å²) in [5.41, 5.74) is 0.454. The Morgan fingerprint density at radius 1 is 1.17 bits per heavy atom. The van der Waals surface area contributed by atoms with Gasteiger partial charge in [0, 0.05) is 5.41 Å². The van der Waals surface area contributed by atoms with Gasteiger partial charge in [-0.25, -0.2) is 4.39 Å². The molecule has 0 saturated heterocycles. The van der Waals surface area contributed by atoms with E-state index in [9.17, 15) is 4.39 Å². The van der Waals surface area contributed by atoms with Crippen LogP contribution in [0.15, 0.2) is 0 Å². The summed E-state index contributed by atoms with van der Waals surface area (Å²) in [7, 11) is 0. The van der Waals surface area contributed by atoms with Crippen molar-refractivity contribution < 1.29 is 4.39 Å². The molecular formula is C11H19F. The Labute approximate surface area is 74.5 Å². The minimum Gasteiger partial charge on any atom is -0.247 e. The van der Waals surface area contributed by atoms with Gasteiger partial charge in [-0.1, -0.05) is 20.8 Å². The maximum absolute atomic E-state index is 13.5. The molecule has 0 N–H and O–H groups in total. The first-order valence-electron chi connectivity index (χ1n) is 5.11. The normalized spacial score (nSPS) is 39.0. The average Bonchev–Trinajstić information content (AvgIpc) is 2.58. The third-order valence-electron chi connectivity index (χ3n) is 3.90. The van der Waals surface area contributed by atoms with Gasteiger partial charge in [0.1, 0.15) is 6.17 Å². The Morgan fingerprint density at radius 3 is 2.08 bits per heavy atom. The van der Waals surface area contributed by atoms with Crippen molar-refractivity contribution in [3.05, 3.63) is 0 Å². The van der Waals surface area contributed by atoms with E-state index in [2.05, 4.69) is 20.8 Å². The highest BCUT2D eigenvalue weighted by atomic mass is 19.1. The maximum atomic E-state index is 13.5. The topological polar surface area (TPSA) is 0 Å². The fraction of sp³-hybridized carbons (Fsp3) is 1.00. The Balaban J connectivity index is 2.19. The van der Waals surface area contributed by atoms with E-state index in [1.165, 1.54) is 0 Å². The van der Waals surface area contributed by atoms with Crippen molar-refractivity contribution in [1.82, 2.24) is 0 Å². The highest BCUT2D eigenvalue weighted by Crippen LogP contribution is 2.66. The molecule has 0 aromatic carbocycles. The van der Waals surface area contributed by atoms with Crippen LogP contribution in [-0.4, -0.2) is 6.17 Å². The minimum atomic E-state index is -0.485. The van der Waals surface area contributed by atoms with Crippen molar-refractivity contribution in [2.24, 2.45) is 16.7 Å². The van der Waals surface area contributed by atoms with Crippen LogP contribution in [-0.2, 0) is 0 Å². The fourth-order valence-corrected chi connectivity index (χ4v) is 3.21. The predicted molar refractivity (Wildman–Crippen MR) is 48.7 cm³/mol. The largest absolute Gasteiger partial charge is 0.247 e. The molecule has 2 unspecified atom stereocenters. The first kappa shape index (κ1) is 8.52. The summed E-state index contributed by atoms with van der Waals surface area (Å²) in [6.45, 7) is 6.78. The van der Waals surface area contributed by atoms with E-state index < -0.39 is 6.17 Å². The van der Waals surface area contributed by atoms with Crippen molar-refractivity contribution in [2.75, 3.05) is 0 Å². The lowest BCUT2D eigenvalue weighted by molar-refractivity contribution is 0.123. The van der Waals surface area contributed by atoms with Gasteiger partial charge in [0.05, 0.1) is 0 Å². The summed E-state index contributed by atoms with van der Waals surface area (Å²) in [6.07, 6.45) is 3.75. The van der Waals surface area contributed by atoms with Crippen LogP contribution in [0.2, 0.25) is 0 Å². The molecule has 1 spiro atoms. The molecule has 0 bridgehead atoms. The molecule has 0 aromatic heterocycles. The molecule has 2 fully saturated rings. The smallest absolute Gasteiger partial charge is 0.106 e. The maximum Gasteiger partial charge on any atom is 0.106 e. The Morgan fingerprint density at radius 2 is 1.75 bits per heavy atom. The summed E-state index contributed by atoms with van der Waals surface area (Å²) in [6, 6.07) is 0. The van der Waals surface area contributed by atoms with Gasteiger partial charge in [0.25, 0.3) is 0 Å². The zero-order valence-corrected chi connectivity index (χ0v) is 8.36. The zero-order valence-electron chi connectivity index (χ0n) is 8.36. The molecule has 12 heavy (non-hydrogen) atoms. The van der Waals surface area contributed by atoms with E-state index in [0.717, 1.165) is 25.7 Å². The zero-order chi connectivity index (χ0) is 8.98. The van der Waals surface area contributed by atoms with Gasteiger partial charge in [0.2, 0.25) is 0 Å². The summed E-state index contributed by atoms with van der Waals surface area (Å²) in [4.78, 5) is 0. The third-order valence-corrected chi connectivity index (χ3v) is 3.90. The Hall–Kier alpha value is -0.0700. The van der Waals surface area contributed by atoms with Crippen LogP contribution in [0.4, 0.5) is 4.39 Å². The molecule has 0 aliphatic heterocycles. The highest BCUT2D eigenvalue weighted by molar-refractivity contribution is 5.10. The number of hydrogen-bond acceptors (Lipinski definition) is 0. The first-order chi connectivity index (χ1) is 5.47. The van der Waals surface area contributed by atoms with E-state index in [0.29, 0.717) is 11.3 Å². The standard InChI is InChI=1S/C11H19F/c1-10(2,3)8-4-5-9(12)11(8)6-7-11/h8-9H,4-7H2,1-3H3. The van der Waals surface area contributed by atoms with E-state index >= 15 is 0 Å².